The zero-order chi connectivity index (χ0) is 20.4. The van der Waals surface area contributed by atoms with Crippen LogP contribution in [0.2, 0.25) is 0 Å². The van der Waals surface area contributed by atoms with E-state index in [0.29, 0.717) is 11.3 Å². The van der Waals surface area contributed by atoms with Crippen LogP contribution in [0.15, 0.2) is 53.4 Å². The van der Waals surface area contributed by atoms with Gasteiger partial charge in [-0.2, -0.15) is 0 Å². The third-order valence-corrected chi connectivity index (χ3v) is 7.57. The van der Waals surface area contributed by atoms with E-state index in [2.05, 4.69) is 16.0 Å². The third kappa shape index (κ3) is 4.78. The van der Waals surface area contributed by atoms with Crippen molar-refractivity contribution in [1.82, 2.24) is 4.72 Å². The first-order valence-electron chi connectivity index (χ1n) is 8.39. The Morgan fingerprint density at radius 2 is 1.86 bits per heavy atom. The van der Waals surface area contributed by atoms with E-state index in [4.69, 9.17) is 6.42 Å². The van der Waals surface area contributed by atoms with Gasteiger partial charge < -0.3 is 5.32 Å². The molecule has 0 spiro atoms. The Morgan fingerprint density at radius 3 is 2.46 bits per heavy atom. The number of sulfone groups is 1. The number of nitrogens with one attached hydrogen (secondary N) is 2. The summed E-state index contributed by atoms with van der Waals surface area (Å²) in [5.41, 5.74) is 1.43. The van der Waals surface area contributed by atoms with Gasteiger partial charge in [-0.15, -0.1) is 6.42 Å². The molecule has 1 amide bonds. The minimum atomic E-state index is -3.87. The molecule has 1 heterocycles. The Kier molecular flexibility index (Phi) is 5.56. The first kappa shape index (κ1) is 20.1. The molecule has 0 aliphatic carbocycles. The van der Waals surface area contributed by atoms with Gasteiger partial charge in [-0.05, 0) is 48.9 Å². The van der Waals surface area contributed by atoms with Crippen LogP contribution in [0, 0.1) is 12.3 Å². The van der Waals surface area contributed by atoms with Crippen molar-refractivity contribution in [2.45, 2.75) is 17.4 Å². The monoisotopic (exact) mass is 418 g/mol. The second-order valence-corrected chi connectivity index (χ2v) is 10.4. The molecule has 2 N–H and O–H groups in total. The fourth-order valence-corrected chi connectivity index (χ4v) is 5.90. The number of rotatable bonds is 5. The van der Waals surface area contributed by atoms with E-state index in [-0.39, 0.29) is 28.4 Å². The Balaban J connectivity index is 1.70. The van der Waals surface area contributed by atoms with Crippen LogP contribution in [-0.2, 0) is 19.9 Å². The Hall–Kier alpha value is -2.67. The third-order valence-electron chi connectivity index (χ3n) is 4.27. The molecule has 1 atom stereocenters. The average Bonchev–Trinajstić information content (AvgIpc) is 2.99. The lowest BCUT2D eigenvalue weighted by Crippen LogP contribution is -2.35. The van der Waals surface area contributed by atoms with Gasteiger partial charge in [-0.25, -0.2) is 21.6 Å². The molecule has 0 radical (unpaired) electrons. The van der Waals surface area contributed by atoms with Crippen LogP contribution in [0.5, 0.6) is 0 Å². The van der Waals surface area contributed by atoms with Gasteiger partial charge in [-0.1, -0.05) is 12.0 Å². The molecule has 1 fully saturated rings. The standard InChI is InChI=1S/C19H18N2O5S2/c1-2-14-4-3-5-16(12-14)20-19(22)15-6-8-18(9-7-15)28(25,26)21-17-10-11-27(23,24)13-17/h1,3-9,12,17,21H,10-11,13H2,(H,20,22). The lowest BCUT2D eigenvalue weighted by atomic mass is 10.2. The molecule has 7 nitrogen and oxygen atoms in total. The maximum atomic E-state index is 12.4. The molecule has 3 rings (SSSR count). The van der Waals surface area contributed by atoms with Gasteiger partial charge in [0.2, 0.25) is 10.0 Å². The van der Waals surface area contributed by atoms with Crippen molar-refractivity contribution in [2.24, 2.45) is 0 Å². The van der Waals surface area contributed by atoms with Crippen LogP contribution in [0.25, 0.3) is 0 Å². The van der Waals surface area contributed by atoms with E-state index in [0.717, 1.165) is 0 Å². The molecule has 28 heavy (non-hydrogen) atoms. The predicted octanol–water partition coefficient (Wildman–Crippen LogP) is 1.39. The Bertz CT molecular complexity index is 1150. The van der Waals surface area contributed by atoms with E-state index in [9.17, 15) is 21.6 Å². The number of hydrogen-bond donors (Lipinski definition) is 2. The molecular formula is C19H18N2O5S2. The molecule has 1 unspecified atom stereocenters. The summed E-state index contributed by atoms with van der Waals surface area (Å²) in [4.78, 5) is 12.3. The maximum Gasteiger partial charge on any atom is 0.255 e. The smallest absolute Gasteiger partial charge is 0.255 e. The molecule has 1 aliphatic heterocycles. The van der Waals surface area contributed by atoms with Crippen LogP contribution >= 0.6 is 0 Å². The van der Waals surface area contributed by atoms with Gasteiger partial charge in [-0.3, -0.25) is 4.79 Å². The van der Waals surface area contributed by atoms with Crippen molar-refractivity contribution in [2.75, 3.05) is 16.8 Å². The summed E-state index contributed by atoms with van der Waals surface area (Å²) in [6, 6.07) is 11.5. The molecule has 9 heteroatoms. The van der Waals surface area contributed by atoms with Crippen LogP contribution < -0.4 is 10.0 Å². The van der Waals surface area contributed by atoms with E-state index in [1.54, 1.807) is 24.3 Å². The highest BCUT2D eigenvalue weighted by atomic mass is 32.2. The number of carbonyl (C=O) groups excluding carboxylic acids is 1. The largest absolute Gasteiger partial charge is 0.322 e. The average molecular weight is 418 g/mol. The first-order valence-corrected chi connectivity index (χ1v) is 11.7. The van der Waals surface area contributed by atoms with Crippen LogP contribution in [0.1, 0.15) is 22.3 Å². The van der Waals surface area contributed by atoms with E-state index in [1.165, 1.54) is 24.3 Å². The second kappa shape index (κ2) is 7.75. The number of benzene rings is 2. The topological polar surface area (TPSA) is 109 Å². The molecule has 0 aromatic heterocycles. The van der Waals surface area contributed by atoms with Crippen molar-refractivity contribution >= 4 is 31.5 Å². The van der Waals surface area contributed by atoms with Crippen molar-refractivity contribution in [3.8, 4) is 12.3 Å². The summed E-state index contributed by atoms with van der Waals surface area (Å²) in [6.45, 7) is 0. The molecule has 0 saturated carbocycles. The summed E-state index contributed by atoms with van der Waals surface area (Å²) >= 11 is 0. The van der Waals surface area contributed by atoms with Crippen LogP contribution in [-0.4, -0.2) is 40.3 Å². The number of carbonyl (C=O) groups is 1. The molecule has 1 aliphatic rings. The van der Waals surface area contributed by atoms with E-state index < -0.39 is 31.8 Å². The summed E-state index contributed by atoms with van der Waals surface area (Å²) in [7, 11) is -7.07. The second-order valence-electron chi connectivity index (χ2n) is 6.42. The van der Waals surface area contributed by atoms with Gasteiger partial charge in [0.25, 0.3) is 5.91 Å². The minimum absolute atomic E-state index is 0.0276. The lowest BCUT2D eigenvalue weighted by Gasteiger charge is -2.12. The van der Waals surface area contributed by atoms with Gasteiger partial charge in [0.15, 0.2) is 9.84 Å². The highest BCUT2D eigenvalue weighted by Crippen LogP contribution is 2.17. The summed E-state index contributed by atoms with van der Waals surface area (Å²) in [5.74, 6) is 1.83. The first-order chi connectivity index (χ1) is 13.2. The fourth-order valence-electron chi connectivity index (χ4n) is 2.85. The Morgan fingerprint density at radius 1 is 1.14 bits per heavy atom. The van der Waals surface area contributed by atoms with Crippen molar-refractivity contribution in [3.05, 3.63) is 59.7 Å². The Labute approximate surface area is 164 Å². The number of sulfonamides is 1. The van der Waals surface area contributed by atoms with Gasteiger partial charge >= 0.3 is 0 Å². The van der Waals surface area contributed by atoms with Crippen molar-refractivity contribution in [3.63, 3.8) is 0 Å². The highest BCUT2D eigenvalue weighted by molar-refractivity contribution is 7.92. The summed E-state index contributed by atoms with van der Waals surface area (Å²) in [5, 5.41) is 2.69. The minimum Gasteiger partial charge on any atom is -0.322 e. The zero-order valence-corrected chi connectivity index (χ0v) is 16.4. The molecule has 2 aromatic carbocycles. The molecular weight excluding hydrogens is 400 g/mol. The lowest BCUT2D eigenvalue weighted by molar-refractivity contribution is 0.102. The van der Waals surface area contributed by atoms with Crippen LogP contribution in [0.3, 0.4) is 0 Å². The number of hydrogen-bond acceptors (Lipinski definition) is 5. The van der Waals surface area contributed by atoms with Crippen molar-refractivity contribution in [1.29, 1.82) is 0 Å². The summed E-state index contributed by atoms with van der Waals surface area (Å²) < 4.78 is 50.2. The van der Waals surface area contributed by atoms with Gasteiger partial charge in [0, 0.05) is 22.9 Å². The quantitative estimate of drug-likeness (QED) is 0.713. The molecule has 0 bridgehead atoms. The molecule has 146 valence electrons. The van der Waals surface area contributed by atoms with Gasteiger partial charge in [0.1, 0.15) is 0 Å². The number of amides is 1. The van der Waals surface area contributed by atoms with E-state index in [1.807, 2.05) is 0 Å². The summed E-state index contributed by atoms with van der Waals surface area (Å²) in [6.07, 6.45) is 5.58. The highest BCUT2D eigenvalue weighted by Gasteiger charge is 2.31. The fraction of sp³-hybridized carbons (Fsp3) is 0.211. The predicted molar refractivity (Wildman–Crippen MR) is 106 cm³/mol. The maximum absolute atomic E-state index is 12.4. The van der Waals surface area contributed by atoms with Crippen molar-refractivity contribution < 1.29 is 21.6 Å². The number of anilines is 1. The molecule has 2 aromatic rings. The normalized spacial score (nSPS) is 18.3. The van der Waals surface area contributed by atoms with Gasteiger partial charge in [0.05, 0.1) is 16.4 Å². The molecule has 1 saturated heterocycles. The SMILES string of the molecule is C#Cc1cccc(NC(=O)c2ccc(S(=O)(=O)NC3CCS(=O)(=O)C3)cc2)c1. The zero-order valence-electron chi connectivity index (χ0n) is 14.8. The van der Waals surface area contributed by atoms with E-state index >= 15 is 0 Å². The van der Waals surface area contributed by atoms with Crippen LogP contribution in [0.4, 0.5) is 5.69 Å². The number of terminal acetylenes is 1.